The molecule has 2 heterocycles. The molecule has 31 heavy (non-hydrogen) atoms. The summed E-state index contributed by atoms with van der Waals surface area (Å²) in [7, 11) is 1.65. The van der Waals surface area contributed by atoms with Gasteiger partial charge in [0.1, 0.15) is 16.6 Å². The smallest absolute Gasteiger partial charge is 0.236 e. The molecule has 3 rings (SSSR count). The lowest BCUT2D eigenvalue weighted by Gasteiger charge is -2.09. The molecule has 0 aliphatic rings. The quantitative estimate of drug-likeness (QED) is 0.432. The standard InChI is InChI=1S/C20H26N6O3S2/c1-5-26-16(10-11-28-4)22-25-20(26)30-12-17(27)21-19-24-23-18(31-19)14-6-8-15(9-7-14)29-13(2)3/h6-9,13H,5,10-12H2,1-4H3,(H,21,24,27). The highest BCUT2D eigenvalue weighted by Crippen LogP contribution is 2.28. The number of nitrogens with zero attached hydrogens (tertiary/aromatic N) is 5. The molecule has 0 aliphatic heterocycles. The van der Waals surface area contributed by atoms with E-state index in [0.717, 1.165) is 28.7 Å². The molecule has 1 amide bonds. The maximum absolute atomic E-state index is 12.4. The molecule has 0 aliphatic carbocycles. The van der Waals surface area contributed by atoms with Crippen LogP contribution in [0.3, 0.4) is 0 Å². The van der Waals surface area contributed by atoms with Crippen LogP contribution in [0.2, 0.25) is 0 Å². The second-order valence-electron chi connectivity index (χ2n) is 6.83. The lowest BCUT2D eigenvalue weighted by molar-refractivity contribution is -0.113. The topological polar surface area (TPSA) is 104 Å². The first-order valence-corrected chi connectivity index (χ1v) is 11.7. The lowest BCUT2D eigenvalue weighted by atomic mass is 10.2. The number of thioether (sulfide) groups is 1. The van der Waals surface area contributed by atoms with E-state index in [1.807, 2.05) is 49.6 Å². The van der Waals surface area contributed by atoms with E-state index in [1.54, 1.807) is 7.11 Å². The van der Waals surface area contributed by atoms with Crippen molar-refractivity contribution in [1.29, 1.82) is 0 Å². The molecule has 1 aromatic carbocycles. The number of rotatable bonds is 11. The van der Waals surface area contributed by atoms with Gasteiger partial charge < -0.3 is 14.0 Å². The molecule has 0 bridgehead atoms. The normalized spacial score (nSPS) is 11.1. The number of benzene rings is 1. The van der Waals surface area contributed by atoms with Crippen molar-refractivity contribution in [2.24, 2.45) is 0 Å². The Morgan fingerprint density at radius 2 is 1.97 bits per heavy atom. The summed E-state index contributed by atoms with van der Waals surface area (Å²) in [4.78, 5) is 12.4. The van der Waals surface area contributed by atoms with E-state index in [1.165, 1.54) is 23.1 Å². The number of methoxy groups -OCH3 is 1. The molecule has 166 valence electrons. The SMILES string of the molecule is CCn1c(CCOC)nnc1SCC(=O)Nc1nnc(-c2ccc(OC(C)C)cc2)s1. The minimum atomic E-state index is -0.169. The fraction of sp³-hybridized carbons (Fsp3) is 0.450. The van der Waals surface area contributed by atoms with Crippen molar-refractivity contribution in [3.8, 4) is 16.3 Å². The third-order valence-electron chi connectivity index (χ3n) is 4.12. The van der Waals surface area contributed by atoms with Gasteiger partial charge in [0.15, 0.2) is 5.16 Å². The van der Waals surface area contributed by atoms with Gasteiger partial charge in [0.25, 0.3) is 0 Å². The first kappa shape index (κ1) is 23.2. The Labute approximate surface area is 189 Å². The van der Waals surface area contributed by atoms with Gasteiger partial charge in [0.2, 0.25) is 11.0 Å². The Bertz CT molecular complexity index is 987. The fourth-order valence-corrected chi connectivity index (χ4v) is 4.33. The van der Waals surface area contributed by atoms with Crippen LogP contribution in [0.25, 0.3) is 10.6 Å². The first-order valence-electron chi connectivity index (χ1n) is 9.94. The molecule has 0 atom stereocenters. The van der Waals surface area contributed by atoms with E-state index in [9.17, 15) is 4.79 Å². The molecule has 2 aromatic heterocycles. The highest BCUT2D eigenvalue weighted by atomic mass is 32.2. The third-order valence-corrected chi connectivity index (χ3v) is 5.97. The number of hydrogen-bond donors (Lipinski definition) is 1. The van der Waals surface area contributed by atoms with Crippen LogP contribution in [-0.4, -0.2) is 56.4 Å². The number of ether oxygens (including phenoxy) is 2. The Hall–Kier alpha value is -2.50. The molecule has 3 aromatic rings. The molecule has 0 saturated heterocycles. The van der Waals surface area contributed by atoms with Crippen LogP contribution in [0, 0.1) is 0 Å². The van der Waals surface area contributed by atoms with Crippen molar-refractivity contribution in [2.45, 2.75) is 45.0 Å². The van der Waals surface area contributed by atoms with E-state index in [2.05, 4.69) is 25.7 Å². The van der Waals surface area contributed by atoms with Gasteiger partial charge in [-0.1, -0.05) is 23.1 Å². The Morgan fingerprint density at radius 3 is 2.65 bits per heavy atom. The molecule has 11 heteroatoms. The predicted octanol–water partition coefficient (Wildman–Crippen LogP) is 3.52. The van der Waals surface area contributed by atoms with Gasteiger partial charge in [-0.2, -0.15) is 0 Å². The summed E-state index contributed by atoms with van der Waals surface area (Å²) in [6, 6.07) is 7.66. The van der Waals surface area contributed by atoms with Crippen LogP contribution >= 0.6 is 23.1 Å². The van der Waals surface area contributed by atoms with Gasteiger partial charge in [-0.15, -0.1) is 20.4 Å². The van der Waals surface area contributed by atoms with Crippen molar-refractivity contribution < 1.29 is 14.3 Å². The molecule has 0 radical (unpaired) electrons. The number of hydrogen-bond acceptors (Lipinski definition) is 9. The molecular weight excluding hydrogens is 436 g/mol. The molecule has 0 fully saturated rings. The maximum Gasteiger partial charge on any atom is 0.236 e. The summed E-state index contributed by atoms with van der Waals surface area (Å²) < 4.78 is 12.8. The molecule has 9 nitrogen and oxygen atoms in total. The fourth-order valence-electron chi connectivity index (χ4n) is 2.75. The molecule has 0 unspecified atom stereocenters. The summed E-state index contributed by atoms with van der Waals surface area (Å²) in [6.07, 6.45) is 0.803. The van der Waals surface area contributed by atoms with Crippen LogP contribution in [0.5, 0.6) is 5.75 Å². The van der Waals surface area contributed by atoms with Crippen molar-refractivity contribution in [1.82, 2.24) is 25.0 Å². The lowest BCUT2D eigenvalue weighted by Crippen LogP contribution is -2.14. The van der Waals surface area contributed by atoms with Gasteiger partial charge in [-0.3, -0.25) is 10.1 Å². The van der Waals surface area contributed by atoms with E-state index >= 15 is 0 Å². The van der Waals surface area contributed by atoms with E-state index in [0.29, 0.717) is 23.3 Å². The zero-order valence-corrected chi connectivity index (χ0v) is 19.6. The number of carbonyl (C=O) groups is 1. The van der Waals surface area contributed by atoms with Crippen molar-refractivity contribution in [3.63, 3.8) is 0 Å². The minimum absolute atomic E-state index is 0.121. The Kier molecular flexibility index (Phi) is 8.38. The van der Waals surface area contributed by atoms with Crippen LogP contribution in [0.15, 0.2) is 29.4 Å². The van der Waals surface area contributed by atoms with Gasteiger partial charge in [0.05, 0.1) is 18.5 Å². The van der Waals surface area contributed by atoms with Crippen molar-refractivity contribution in [2.75, 3.05) is 24.8 Å². The van der Waals surface area contributed by atoms with Crippen molar-refractivity contribution in [3.05, 3.63) is 30.1 Å². The predicted molar refractivity (Wildman–Crippen MR) is 122 cm³/mol. The Morgan fingerprint density at radius 1 is 1.19 bits per heavy atom. The van der Waals surface area contributed by atoms with E-state index in [-0.39, 0.29) is 17.8 Å². The number of aromatic nitrogens is 5. The second-order valence-corrected chi connectivity index (χ2v) is 8.75. The molecule has 0 spiro atoms. The summed E-state index contributed by atoms with van der Waals surface area (Å²) in [5.74, 6) is 1.70. The average molecular weight is 463 g/mol. The van der Waals surface area contributed by atoms with Crippen molar-refractivity contribution >= 4 is 34.1 Å². The zero-order valence-electron chi connectivity index (χ0n) is 18.0. The molecular formula is C20H26N6O3S2. The van der Waals surface area contributed by atoms with Crippen LogP contribution in [0.4, 0.5) is 5.13 Å². The number of carbonyl (C=O) groups excluding carboxylic acids is 1. The van der Waals surface area contributed by atoms with Crippen LogP contribution in [-0.2, 0) is 22.5 Å². The number of amides is 1. The summed E-state index contributed by atoms with van der Waals surface area (Å²) >= 11 is 2.67. The third kappa shape index (κ3) is 6.49. The summed E-state index contributed by atoms with van der Waals surface area (Å²) in [6.45, 7) is 7.30. The summed E-state index contributed by atoms with van der Waals surface area (Å²) in [5.41, 5.74) is 0.920. The van der Waals surface area contributed by atoms with Gasteiger partial charge in [0, 0.05) is 25.6 Å². The largest absolute Gasteiger partial charge is 0.491 e. The first-order chi connectivity index (χ1) is 15.0. The molecule has 1 N–H and O–H groups in total. The summed E-state index contributed by atoms with van der Waals surface area (Å²) in [5, 5.41) is 21.3. The minimum Gasteiger partial charge on any atom is -0.491 e. The van der Waals surface area contributed by atoms with E-state index in [4.69, 9.17) is 9.47 Å². The van der Waals surface area contributed by atoms with Crippen LogP contribution < -0.4 is 10.1 Å². The maximum atomic E-state index is 12.4. The van der Waals surface area contributed by atoms with Gasteiger partial charge in [-0.25, -0.2) is 0 Å². The number of nitrogens with one attached hydrogen (secondary N) is 1. The second kappa shape index (κ2) is 11.2. The highest BCUT2D eigenvalue weighted by Gasteiger charge is 2.15. The molecule has 0 saturated carbocycles. The Balaban J connectivity index is 1.55. The zero-order chi connectivity index (χ0) is 22.2. The average Bonchev–Trinajstić information content (AvgIpc) is 3.37. The monoisotopic (exact) mass is 462 g/mol. The van der Waals surface area contributed by atoms with E-state index < -0.39 is 0 Å². The van der Waals surface area contributed by atoms with Gasteiger partial charge >= 0.3 is 0 Å². The van der Waals surface area contributed by atoms with Crippen LogP contribution in [0.1, 0.15) is 26.6 Å². The highest BCUT2D eigenvalue weighted by molar-refractivity contribution is 7.99. The van der Waals surface area contributed by atoms with Gasteiger partial charge in [-0.05, 0) is 45.0 Å². The number of anilines is 1.